The molecule has 0 aromatic carbocycles. The van der Waals surface area contributed by atoms with Gasteiger partial charge < -0.3 is 5.21 Å². The third-order valence-corrected chi connectivity index (χ3v) is 4.44. The summed E-state index contributed by atoms with van der Waals surface area (Å²) >= 11 is 5.82. The molecule has 1 fully saturated rings. The number of hydrogen-bond acceptors (Lipinski definition) is 3. The molecule has 1 aliphatic carbocycles. The summed E-state index contributed by atoms with van der Waals surface area (Å²) in [6, 6.07) is 0. The van der Waals surface area contributed by atoms with Crippen LogP contribution in [0.15, 0.2) is 0 Å². The predicted octanol–water partition coefficient (Wildman–Crippen LogP) is 0.845. The first-order valence-corrected chi connectivity index (χ1v) is 5.85. The molecule has 72 valence electrons. The standard InChI is InChI=1S/C6H12ClNO3S/c7-5-3-1-2-4-6(5)12(10,11)8-9/h5-6,8-9H,1-4H2. The van der Waals surface area contributed by atoms with Gasteiger partial charge in [-0.05, 0) is 12.8 Å². The molecule has 1 saturated carbocycles. The van der Waals surface area contributed by atoms with Gasteiger partial charge in [0.2, 0.25) is 10.0 Å². The number of hydrogen-bond donors (Lipinski definition) is 2. The Morgan fingerprint density at radius 1 is 1.33 bits per heavy atom. The highest BCUT2D eigenvalue weighted by Gasteiger charge is 2.33. The van der Waals surface area contributed by atoms with Crippen LogP contribution in [0.1, 0.15) is 25.7 Å². The SMILES string of the molecule is O=S(=O)(NO)C1CCCCC1Cl. The van der Waals surface area contributed by atoms with E-state index < -0.39 is 15.3 Å². The van der Waals surface area contributed by atoms with Gasteiger partial charge in [-0.2, -0.15) is 0 Å². The molecule has 0 saturated heterocycles. The van der Waals surface area contributed by atoms with Crippen LogP contribution in [0, 0.1) is 0 Å². The van der Waals surface area contributed by atoms with Gasteiger partial charge in [-0.1, -0.05) is 17.7 Å². The summed E-state index contributed by atoms with van der Waals surface area (Å²) in [6.07, 6.45) is 3.05. The quantitative estimate of drug-likeness (QED) is 0.528. The van der Waals surface area contributed by atoms with E-state index in [1.54, 1.807) is 0 Å². The maximum Gasteiger partial charge on any atom is 0.237 e. The van der Waals surface area contributed by atoms with E-state index in [0.29, 0.717) is 12.8 Å². The van der Waals surface area contributed by atoms with Crippen molar-refractivity contribution in [3.8, 4) is 0 Å². The van der Waals surface area contributed by atoms with Crippen molar-refractivity contribution < 1.29 is 13.6 Å². The van der Waals surface area contributed by atoms with Gasteiger partial charge in [0.25, 0.3) is 0 Å². The number of alkyl halides is 1. The van der Waals surface area contributed by atoms with Crippen molar-refractivity contribution in [1.29, 1.82) is 0 Å². The molecule has 0 amide bonds. The molecule has 0 aromatic heterocycles. The second kappa shape index (κ2) is 3.91. The van der Waals surface area contributed by atoms with Crippen LogP contribution in [-0.4, -0.2) is 24.3 Å². The van der Waals surface area contributed by atoms with Crippen molar-refractivity contribution in [3.05, 3.63) is 0 Å². The fourth-order valence-electron chi connectivity index (χ4n) is 1.47. The van der Waals surface area contributed by atoms with Crippen molar-refractivity contribution in [2.45, 2.75) is 36.3 Å². The Labute approximate surface area is 76.9 Å². The Hall–Kier alpha value is 0.160. The molecule has 0 heterocycles. The highest BCUT2D eigenvalue weighted by atomic mass is 35.5. The lowest BCUT2D eigenvalue weighted by atomic mass is 10.00. The van der Waals surface area contributed by atoms with Gasteiger partial charge in [0.1, 0.15) is 0 Å². The van der Waals surface area contributed by atoms with Crippen LogP contribution >= 0.6 is 11.6 Å². The number of halogens is 1. The largest absolute Gasteiger partial charge is 0.302 e. The summed E-state index contributed by atoms with van der Waals surface area (Å²) in [5, 5.41) is 7.35. The van der Waals surface area contributed by atoms with E-state index in [4.69, 9.17) is 16.8 Å². The number of rotatable bonds is 2. The first-order chi connectivity index (χ1) is 5.58. The fourth-order valence-corrected chi connectivity index (χ4v) is 3.29. The van der Waals surface area contributed by atoms with Crippen molar-refractivity contribution >= 4 is 21.6 Å². The van der Waals surface area contributed by atoms with E-state index >= 15 is 0 Å². The smallest absolute Gasteiger partial charge is 0.237 e. The van der Waals surface area contributed by atoms with Crippen LogP contribution in [0.5, 0.6) is 0 Å². The minimum absolute atomic E-state index is 0.372. The Bertz CT molecular complexity index is 241. The molecule has 6 heteroatoms. The van der Waals surface area contributed by atoms with Crippen molar-refractivity contribution in [2.24, 2.45) is 0 Å². The van der Waals surface area contributed by atoms with E-state index in [2.05, 4.69) is 0 Å². The lowest BCUT2D eigenvalue weighted by Gasteiger charge is -2.25. The number of sulfonamides is 1. The van der Waals surface area contributed by atoms with Gasteiger partial charge in [0, 0.05) is 0 Å². The maximum atomic E-state index is 11.1. The van der Waals surface area contributed by atoms with Crippen LogP contribution < -0.4 is 4.89 Å². The molecule has 2 N–H and O–H groups in total. The molecule has 0 spiro atoms. The predicted molar refractivity (Wildman–Crippen MR) is 45.7 cm³/mol. The summed E-state index contributed by atoms with van der Waals surface area (Å²) in [5.74, 6) is 0. The van der Waals surface area contributed by atoms with E-state index in [-0.39, 0.29) is 5.38 Å². The van der Waals surface area contributed by atoms with Crippen LogP contribution in [0.2, 0.25) is 0 Å². The van der Waals surface area contributed by atoms with Crippen molar-refractivity contribution in [2.75, 3.05) is 0 Å². The summed E-state index contributed by atoms with van der Waals surface area (Å²) in [5.41, 5.74) is 0. The van der Waals surface area contributed by atoms with E-state index in [1.807, 2.05) is 0 Å². The summed E-state index contributed by atoms with van der Waals surface area (Å²) in [4.78, 5) is 1.33. The molecule has 1 aliphatic rings. The Morgan fingerprint density at radius 2 is 1.92 bits per heavy atom. The van der Waals surface area contributed by atoms with Gasteiger partial charge in [0.05, 0.1) is 10.6 Å². The second-order valence-corrected chi connectivity index (χ2v) is 5.41. The lowest BCUT2D eigenvalue weighted by molar-refractivity contribution is 0.239. The van der Waals surface area contributed by atoms with Crippen LogP contribution in [0.3, 0.4) is 0 Å². The number of nitrogens with one attached hydrogen (secondary N) is 1. The molecule has 1 rings (SSSR count). The molecule has 0 aromatic rings. The zero-order valence-corrected chi connectivity index (χ0v) is 8.11. The minimum Gasteiger partial charge on any atom is -0.302 e. The molecule has 2 atom stereocenters. The zero-order chi connectivity index (χ0) is 9.19. The third kappa shape index (κ3) is 2.10. The third-order valence-electron chi connectivity index (χ3n) is 2.15. The van der Waals surface area contributed by atoms with E-state index in [1.165, 1.54) is 4.89 Å². The van der Waals surface area contributed by atoms with Crippen LogP contribution in [0.25, 0.3) is 0 Å². The van der Waals surface area contributed by atoms with Crippen molar-refractivity contribution in [1.82, 2.24) is 4.89 Å². The van der Waals surface area contributed by atoms with Crippen LogP contribution in [-0.2, 0) is 10.0 Å². The molecule has 0 radical (unpaired) electrons. The topological polar surface area (TPSA) is 66.4 Å². The minimum atomic E-state index is -3.60. The first kappa shape index (κ1) is 10.2. The molecular weight excluding hydrogens is 202 g/mol. The second-order valence-electron chi connectivity index (χ2n) is 2.98. The molecular formula is C6H12ClNO3S. The Balaban J connectivity index is 2.72. The normalized spacial score (nSPS) is 31.8. The monoisotopic (exact) mass is 213 g/mol. The first-order valence-electron chi connectivity index (χ1n) is 3.86. The van der Waals surface area contributed by atoms with Gasteiger partial charge >= 0.3 is 0 Å². The molecule has 12 heavy (non-hydrogen) atoms. The zero-order valence-electron chi connectivity index (χ0n) is 6.53. The average molecular weight is 214 g/mol. The fraction of sp³-hybridized carbons (Fsp3) is 1.00. The van der Waals surface area contributed by atoms with Gasteiger partial charge in [-0.3, -0.25) is 0 Å². The highest BCUT2D eigenvalue weighted by molar-refractivity contribution is 7.90. The van der Waals surface area contributed by atoms with Gasteiger partial charge in [-0.15, -0.1) is 11.6 Å². The van der Waals surface area contributed by atoms with E-state index in [0.717, 1.165) is 12.8 Å². The molecule has 2 unspecified atom stereocenters. The molecule has 0 aliphatic heterocycles. The molecule has 0 bridgehead atoms. The lowest BCUT2D eigenvalue weighted by Crippen LogP contribution is -2.40. The van der Waals surface area contributed by atoms with Gasteiger partial charge in [-0.25, -0.2) is 8.42 Å². The average Bonchev–Trinajstić information content (AvgIpc) is 2.05. The molecule has 4 nitrogen and oxygen atoms in total. The Morgan fingerprint density at radius 3 is 2.42 bits per heavy atom. The summed E-state index contributed by atoms with van der Waals surface area (Å²) in [6.45, 7) is 0. The maximum absolute atomic E-state index is 11.1. The summed E-state index contributed by atoms with van der Waals surface area (Å²) in [7, 11) is -3.60. The van der Waals surface area contributed by atoms with Crippen molar-refractivity contribution in [3.63, 3.8) is 0 Å². The van der Waals surface area contributed by atoms with Crippen LogP contribution in [0.4, 0.5) is 0 Å². The Kier molecular flexibility index (Phi) is 3.34. The summed E-state index contributed by atoms with van der Waals surface area (Å²) < 4.78 is 22.2. The van der Waals surface area contributed by atoms with Gasteiger partial charge in [0.15, 0.2) is 0 Å². The highest BCUT2D eigenvalue weighted by Crippen LogP contribution is 2.27. The van der Waals surface area contributed by atoms with E-state index in [9.17, 15) is 8.42 Å².